The molecule has 2 aromatic rings. The predicted molar refractivity (Wildman–Crippen MR) is 106 cm³/mol. The Morgan fingerprint density at radius 2 is 2.11 bits per heavy atom. The number of nitrogens with zero attached hydrogens (tertiary/aromatic N) is 2. The predicted octanol–water partition coefficient (Wildman–Crippen LogP) is 2.91. The number of hydrogen-bond acceptors (Lipinski definition) is 5. The average Bonchev–Trinajstić information content (AvgIpc) is 3.42. The minimum absolute atomic E-state index is 0.0255. The number of hydrogen-bond donors (Lipinski definition) is 1. The van der Waals surface area contributed by atoms with Gasteiger partial charge in [-0.25, -0.2) is 0 Å². The van der Waals surface area contributed by atoms with E-state index in [4.69, 9.17) is 9.47 Å². The number of ether oxygens (including phenoxy) is 2. The van der Waals surface area contributed by atoms with E-state index in [1.165, 1.54) is 0 Å². The molecule has 1 aliphatic heterocycles. The molecule has 1 atom stereocenters. The normalized spacial score (nSPS) is 19.4. The number of pyridine rings is 1. The Morgan fingerprint density at radius 3 is 2.86 bits per heavy atom. The van der Waals surface area contributed by atoms with Gasteiger partial charge in [-0.15, -0.1) is 0 Å². The average molecular weight is 381 g/mol. The molecule has 0 bridgehead atoms. The number of carbonyl (C=O) groups excluding carboxylic acids is 1. The number of nitrogens with one attached hydrogen (secondary N) is 1. The molecule has 4 rings (SSSR count). The van der Waals surface area contributed by atoms with Crippen LogP contribution in [0.15, 0.2) is 42.7 Å². The SMILES string of the molecule is COc1ccc(CN2CCCC2C(=O)NC2CC2)cc1OCc1cccnc1. The first kappa shape index (κ1) is 18.7. The molecule has 1 unspecified atom stereocenters. The van der Waals surface area contributed by atoms with Crippen molar-refractivity contribution < 1.29 is 14.3 Å². The van der Waals surface area contributed by atoms with Gasteiger partial charge in [0.25, 0.3) is 0 Å². The minimum Gasteiger partial charge on any atom is -0.493 e. The Morgan fingerprint density at radius 1 is 1.21 bits per heavy atom. The second-order valence-electron chi connectivity index (χ2n) is 7.55. The highest BCUT2D eigenvalue weighted by Crippen LogP contribution is 2.31. The van der Waals surface area contributed by atoms with Crippen LogP contribution in [0.1, 0.15) is 36.8 Å². The molecule has 2 heterocycles. The summed E-state index contributed by atoms with van der Waals surface area (Å²) in [6.45, 7) is 2.11. The van der Waals surface area contributed by atoms with Gasteiger partial charge in [0.2, 0.25) is 5.91 Å². The fourth-order valence-electron chi connectivity index (χ4n) is 3.65. The lowest BCUT2D eigenvalue weighted by Gasteiger charge is -2.24. The smallest absolute Gasteiger partial charge is 0.237 e. The molecule has 1 amide bonds. The van der Waals surface area contributed by atoms with Crippen molar-refractivity contribution in [3.05, 3.63) is 53.9 Å². The van der Waals surface area contributed by atoms with E-state index in [1.807, 2.05) is 30.3 Å². The zero-order valence-corrected chi connectivity index (χ0v) is 16.3. The molecule has 2 aliphatic rings. The van der Waals surface area contributed by atoms with Crippen LogP contribution in [0.3, 0.4) is 0 Å². The van der Waals surface area contributed by atoms with Crippen LogP contribution in [0.2, 0.25) is 0 Å². The van der Waals surface area contributed by atoms with Crippen LogP contribution in [0.5, 0.6) is 11.5 Å². The van der Waals surface area contributed by atoms with Gasteiger partial charge in [0, 0.05) is 30.5 Å². The van der Waals surface area contributed by atoms with Gasteiger partial charge in [-0.3, -0.25) is 14.7 Å². The van der Waals surface area contributed by atoms with Crippen LogP contribution in [-0.2, 0) is 17.9 Å². The first-order valence-electron chi connectivity index (χ1n) is 9.96. The molecule has 0 spiro atoms. The van der Waals surface area contributed by atoms with Crippen LogP contribution in [0, 0.1) is 0 Å². The summed E-state index contributed by atoms with van der Waals surface area (Å²) in [5.41, 5.74) is 2.12. The van der Waals surface area contributed by atoms with E-state index in [0.29, 0.717) is 24.1 Å². The number of benzene rings is 1. The highest BCUT2D eigenvalue weighted by atomic mass is 16.5. The Labute approximate surface area is 165 Å². The number of carbonyl (C=O) groups is 1. The zero-order valence-electron chi connectivity index (χ0n) is 16.3. The maximum absolute atomic E-state index is 12.5. The van der Waals surface area contributed by atoms with E-state index in [1.54, 1.807) is 19.5 Å². The summed E-state index contributed by atoms with van der Waals surface area (Å²) in [4.78, 5) is 18.9. The van der Waals surface area contributed by atoms with E-state index < -0.39 is 0 Å². The fourth-order valence-corrected chi connectivity index (χ4v) is 3.65. The van der Waals surface area contributed by atoms with Gasteiger partial charge < -0.3 is 14.8 Å². The zero-order chi connectivity index (χ0) is 19.3. The van der Waals surface area contributed by atoms with Gasteiger partial charge in [-0.05, 0) is 56.0 Å². The van der Waals surface area contributed by atoms with Gasteiger partial charge >= 0.3 is 0 Å². The summed E-state index contributed by atoms with van der Waals surface area (Å²) in [6.07, 6.45) is 7.77. The monoisotopic (exact) mass is 381 g/mol. The Kier molecular flexibility index (Phi) is 5.76. The highest BCUT2D eigenvalue weighted by Gasteiger charge is 2.33. The quantitative estimate of drug-likeness (QED) is 0.762. The lowest BCUT2D eigenvalue weighted by atomic mass is 10.1. The largest absolute Gasteiger partial charge is 0.493 e. The summed E-state index contributed by atoms with van der Waals surface area (Å²) in [5, 5.41) is 3.15. The van der Waals surface area contributed by atoms with Gasteiger partial charge in [-0.1, -0.05) is 12.1 Å². The van der Waals surface area contributed by atoms with Gasteiger partial charge in [0.1, 0.15) is 6.61 Å². The minimum atomic E-state index is -0.0255. The van der Waals surface area contributed by atoms with E-state index in [2.05, 4.69) is 15.2 Å². The van der Waals surface area contributed by atoms with E-state index in [9.17, 15) is 4.79 Å². The first-order chi connectivity index (χ1) is 13.7. The van der Waals surface area contributed by atoms with Crippen LogP contribution >= 0.6 is 0 Å². The highest BCUT2D eigenvalue weighted by molar-refractivity contribution is 5.82. The molecule has 1 saturated carbocycles. The molecular formula is C22H27N3O3. The molecule has 1 aromatic heterocycles. The third-order valence-corrected chi connectivity index (χ3v) is 5.32. The summed E-state index contributed by atoms with van der Waals surface area (Å²) in [5.74, 6) is 1.60. The number of likely N-dealkylation sites (tertiary alicyclic amines) is 1. The third kappa shape index (κ3) is 4.62. The molecule has 6 heteroatoms. The standard InChI is InChI=1S/C22H27N3O3/c1-27-20-9-6-16(12-21(20)28-15-17-4-2-10-23-13-17)14-25-11-3-5-19(25)22(26)24-18-7-8-18/h2,4,6,9-10,12-13,18-19H,3,5,7-8,11,14-15H2,1H3,(H,24,26). The molecule has 1 N–H and O–H groups in total. The second-order valence-corrected chi connectivity index (χ2v) is 7.55. The lowest BCUT2D eigenvalue weighted by molar-refractivity contribution is -0.125. The van der Waals surface area contributed by atoms with Crippen molar-refractivity contribution in [3.8, 4) is 11.5 Å². The Bertz CT molecular complexity index is 808. The van der Waals surface area contributed by atoms with Gasteiger partial charge in [0.05, 0.1) is 13.2 Å². The molecular weight excluding hydrogens is 354 g/mol. The van der Waals surface area contributed by atoms with E-state index in [0.717, 1.165) is 49.9 Å². The molecule has 28 heavy (non-hydrogen) atoms. The van der Waals surface area contributed by atoms with Crippen molar-refractivity contribution in [2.24, 2.45) is 0 Å². The molecule has 1 aliphatic carbocycles. The molecule has 148 valence electrons. The Hall–Kier alpha value is -2.60. The van der Waals surface area contributed by atoms with Crippen LogP contribution in [0.4, 0.5) is 0 Å². The van der Waals surface area contributed by atoms with E-state index in [-0.39, 0.29) is 11.9 Å². The van der Waals surface area contributed by atoms with Crippen molar-refractivity contribution in [1.29, 1.82) is 0 Å². The van der Waals surface area contributed by atoms with Crippen molar-refractivity contribution in [2.75, 3.05) is 13.7 Å². The number of amides is 1. The van der Waals surface area contributed by atoms with E-state index >= 15 is 0 Å². The van der Waals surface area contributed by atoms with Crippen LogP contribution < -0.4 is 14.8 Å². The number of aromatic nitrogens is 1. The molecule has 1 saturated heterocycles. The number of rotatable bonds is 8. The van der Waals surface area contributed by atoms with Gasteiger partial charge in [-0.2, -0.15) is 0 Å². The molecule has 6 nitrogen and oxygen atoms in total. The van der Waals surface area contributed by atoms with Crippen LogP contribution in [0.25, 0.3) is 0 Å². The Balaban J connectivity index is 1.43. The summed E-state index contributed by atoms with van der Waals surface area (Å²) in [6, 6.07) is 10.3. The number of methoxy groups -OCH3 is 1. The summed E-state index contributed by atoms with van der Waals surface area (Å²) in [7, 11) is 1.64. The maximum atomic E-state index is 12.5. The van der Waals surface area contributed by atoms with Crippen molar-refractivity contribution in [1.82, 2.24) is 15.2 Å². The lowest BCUT2D eigenvalue weighted by Crippen LogP contribution is -2.43. The topological polar surface area (TPSA) is 63.7 Å². The summed E-state index contributed by atoms with van der Waals surface area (Å²) >= 11 is 0. The van der Waals surface area contributed by atoms with Gasteiger partial charge in [0.15, 0.2) is 11.5 Å². The summed E-state index contributed by atoms with van der Waals surface area (Å²) < 4.78 is 11.4. The fraction of sp³-hybridized carbons (Fsp3) is 0.455. The maximum Gasteiger partial charge on any atom is 0.237 e. The first-order valence-corrected chi connectivity index (χ1v) is 9.96. The molecule has 0 radical (unpaired) electrons. The van der Waals surface area contributed by atoms with Crippen LogP contribution in [-0.4, -0.2) is 41.5 Å². The van der Waals surface area contributed by atoms with Crippen molar-refractivity contribution in [3.63, 3.8) is 0 Å². The van der Waals surface area contributed by atoms with Crippen molar-refractivity contribution in [2.45, 2.75) is 50.9 Å². The third-order valence-electron chi connectivity index (χ3n) is 5.32. The van der Waals surface area contributed by atoms with Crippen molar-refractivity contribution >= 4 is 5.91 Å². The molecule has 2 fully saturated rings. The molecule has 1 aromatic carbocycles. The second kappa shape index (κ2) is 8.61.